The van der Waals surface area contributed by atoms with Crippen molar-refractivity contribution in [1.82, 2.24) is 5.32 Å². The summed E-state index contributed by atoms with van der Waals surface area (Å²) in [6.07, 6.45) is 0.751. The number of thiophene rings is 1. The Morgan fingerprint density at radius 1 is 1.32 bits per heavy atom. The predicted molar refractivity (Wildman–Crippen MR) is 86.4 cm³/mol. The lowest BCUT2D eigenvalue weighted by Crippen LogP contribution is -2.18. The normalized spacial score (nSPS) is 12.7. The van der Waals surface area contributed by atoms with Crippen molar-refractivity contribution < 1.29 is 4.39 Å². The number of aryl methyl sites for hydroxylation is 1. The molecule has 2 rings (SSSR count). The van der Waals surface area contributed by atoms with Crippen LogP contribution in [0.25, 0.3) is 0 Å². The van der Waals surface area contributed by atoms with Crippen LogP contribution in [0, 0.1) is 12.7 Å². The Balaban J connectivity index is 2.26. The molecular weight excluding hydrogens is 393 g/mol. The molecule has 1 aromatic heterocycles. The van der Waals surface area contributed by atoms with E-state index >= 15 is 0 Å². The van der Waals surface area contributed by atoms with Gasteiger partial charge in [0.2, 0.25) is 0 Å². The van der Waals surface area contributed by atoms with E-state index in [1.165, 1.54) is 16.5 Å². The van der Waals surface area contributed by atoms with Crippen LogP contribution in [0.15, 0.2) is 32.5 Å². The van der Waals surface area contributed by atoms with E-state index < -0.39 is 0 Å². The molecule has 1 atom stereocenters. The van der Waals surface area contributed by atoms with Crippen LogP contribution >= 0.6 is 43.2 Å². The van der Waals surface area contributed by atoms with Crippen molar-refractivity contribution in [3.63, 3.8) is 0 Å². The second-order valence-corrected chi connectivity index (χ2v) is 7.64. The minimum absolute atomic E-state index is 0.188. The van der Waals surface area contributed by atoms with Gasteiger partial charge in [0.25, 0.3) is 0 Å². The first kappa shape index (κ1) is 15.2. The Kier molecular flexibility index (Phi) is 5.17. The second kappa shape index (κ2) is 6.48. The van der Waals surface area contributed by atoms with Gasteiger partial charge >= 0.3 is 0 Å². The summed E-state index contributed by atoms with van der Waals surface area (Å²) in [5.41, 5.74) is 2.21. The van der Waals surface area contributed by atoms with Crippen molar-refractivity contribution in [2.45, 2.75) is 19.4 Å². The number of halogens is 3. The number of nitrogens with one attached hydrogen (secondary N) is 1. The van der Waals surface area contributed by atoms with Crippen LogP contribution in [0.1, 0.15) is 22.0 Å². The van der Waals surface area contributed by atoms with Gasteiger partial charge in [0.15, 0.2) is 0 Å². The van der Waals surface area contributed by atoms with Gasteiger partial charge in [0.1, 0.15) is 5.82 Å². The monoisotopic (exact) mass is 405 g/mol. The standard InChI is InChI=1S/C14H14Br2FNS/c1-8-5-13(19-14(8)16)12(18-2)7-9-6-10(17)3-4-11(9)15/h3-6,12,18H,7H2,1-2H3. The molecule has 1 unspecified atom stereocenters. The number of likely N-dealkylation sites (N-methyl/N-ethyl adjacent to an activating group) is 1. The number of hydrogen-bond donors (Lipinski definition) is 1. The molecule has 0 aliphatic heterocycles. The molecule has 19 heavy (non-hydrogen) atoms. The zero-order valence-corrected chi connectivity index (χ0v) is 14.6. The molecule has 5 heteroatoms. The van der Waals surface area contributed by atoms with Crippen LogP contribution < -0.4 is 5.32 Å². The highest BCUT2D eigenvalue weighted by Gasteiger charge is 2.16. The fourth-order valence-corrected chi connectivity index (χ4v) is 4.01. The first-order valence-electron chi connectivity index (χ1n) is 5.88. The van der Waals surface area contributed by atoms with Gasteiger partial charge in [0.05, 0.1) is 3.79 Å². The highest BCUT2D eigenvalue weighted by Crippen LogP contribution is 2.33. The Labute approximate surface area is 133 Å². The van der Waals surface area contributed by atoms with Gasteiger partial charge in [-0.05, 0) is 71.7 Å². The number of rotatable bonds is 4. The molecule has 0 saturated carbocycles. The fraction of sp³-hybridized carbons (Fsp3) is 0.286. The zero-order chi connectivity index (χ0) is 14.0. The van der Waals surface area contributed by atoms with E-state index in [-0.39, 0.29) is 11.9 Å². The van der Waals surface area contributed by atoms with Crippen LogP contribution in [0.5, 0.6) is 0 Å². The third-order valence-electron chi connectivity index (χ3n) is 3.00. The lowest BCUT2D eigenvalue weighted by molar-refractivity contribution is 0.590. The van der Waals surface area contributed by atoms with Crippen molar-refractivity contribution in [2.75, 3.05) is 7.05 Å². The maximum absolute atomic E-state index is 13.3. The Morgan fingerprint density at radius 2 is 2.05 bits per heavy atom. The van der Waals surface area contributed by atoms with Gasteiger partial charge in [-0.25, -0.2) is 4.39 Å². The molecule has 102 valence electrons. The Hall–Kier alpha value is -0.230. The van der Waals surface area contributed by atoms with Crippen LogP contribution in [-0.4, -0.2) is 7.05 Å². The minimum atomic E-state index is -0.198. The third-order valence-corrected chi connectivity index (χ3v) is 6.02. The summed E-state index contributed by atoms with van der Waals surface area (Å²) in [7, 11) is 1.93. The summed E-state index contributed by atoms with van der Waals surface area (Å²) in [5, 5.41) is 3.30. The third kappa shape index (κ3) is 3.66. The molecule has 1 heterocycles. The summed E-state index contributed by atoms with van der Waals surface area (Å²) in [6.45, 7) is 2.08. The van der Waals surface area contributed by atoms with E-state index in [4.69, 9.17) is 0 Å². The van der Waals surface area contributed by atoms with Gasteiger partial charge in [-0.1, -0.05) is 15.9 Å². The molecule has 2 aromatic rings. The number of hydrogen-bond acceptors (Lipinski definition) is 2. The zero-order valence-electron chi connectivity index (χ0n) is 10.6. The predicted octanol–water partition coefficient (Wildman–Crippen LogP) is 5.22. The lowest BCUT2D eigenvalue weighted by atomic mass is 10.0. The summed E-state index contributed by atoms with van der Waals surface area (Å²) < 4.78 is 15.4. The van der Waals surface area contributed by atoms with Crippen molar-refractivity contribution in [3.05, 3.63) is 54.3 Å². The molecule has 0 aliphatic rings. The van der Waals surface area contributed by atoms with Gasteiger partial charge in [0, 0.05) is 15.4 Å². The summed E-state index contributed by atoms with van der Waals surface area (Å²) >= 11 is 8.75. The van der Waals surface area contributed by atoms with Crippen molar-refractivity contribution in [3.8, 4) is 0 Å². The topological polar surface area (TPSA) is 12.0 Å². The minimum Gasteiger partial charge on any atom is -0.312 e. The molecule has 1 nitrogen and oxygen atoms in total. The second-order valence-electron chi connectivity index (χ2n) is 4.39. The molecule has 1 N–H and O–H groups in total. The molecule has 0 saturated heterocycles. The number of benzene rings is 1. The first-order chi connectivity index (χ1) is 9.01. The van der Waals surface area contributed by atoms with E-state index in [0.717, 1.165) is 20.2 Å². The highest BCUT2D eigenvalue weighted by molar-refractivity contribution is 9.11. The molecule has 0 aliphatic carbocycles. The van der Waals surface area contributed by atoms with E-state index in [1.54, 1.807) is 23.5 Å². The van der Waals surface area contributed by atoms with Crippen LogP contribution in [0.3, 0.4) is 0 Å². The summed E-state index contributed by atoms with van der Waals surface area (Å²) in [6, 6.07) is 7.17. The van der Waals surface area contributed by atoms with Gasteiger partial charge in [-0.2, -0.15) is 0 Å². The summed E-state index contributed by atoms with van der Waals surface area (Å²) in [4.78, 5) is 1.25. The highest BCUT2D eigenvalue weighted by atomic mass is 79.9. The van der Waals surface area contributed by atoms with Crippen molar-refractivity contribution >= 4 is 43.2 Å². The Morgan fingerprint density at radius 3 is 2.63 bits per heavy atom. The van der Waals surface area contributed by atoms with Crippen LogP contribution in [0.4, 0.5) is 4.39 Å². The molecular formula is C14H14Br2FNS. The van der Waals surface area contributed by atoms with Crippen molar-refractivity contribution in [2.24, 2.45) is 0 Å². The molecule has 0 fully saturated rings. The summed E-state index contributed by atoms with van der Waals surface area (Å²) in [5.74, 6) is -0.198. The smallest absolute Gasteiger partial charge is 0.123 e. The molecule has 0 bridgehead atoms. The van der Waals surface area contributed by atoms with Gasteiger partial charge in [-0.15, -0.1) is 11.3 Å². The maximum atomic E-state index is 13.3. The van der Waals surface area contributed by atoms with Crippen molar-refractivity contribution in [1.29, 1.82) is 0 Å². The average Bonchev–Trinajstić information content (AvgIpc) is 2.70. The Bertz CT molecular complexity index is 563. The SMILES string of the molecule is CNC(Cc1cc(F)ccc1Br)c1cc(C)c(Br)s1. The van der Waals surface area contributed by atoms with E-state index in [2.05, 4.69) is 50.2 Å². The first-order valence-corrected chi connectivity index (χ1v) is 8.28. The van der Waals surface area contributed by atoms with E-state index in [9.17, 15) is 4.39 Å². The maximum Gasteiger partial charge on any atom is 0.123 e. The molecule has 0 radical (unpaired) electrons. The quantitative estimate of drug-likeness (QED) is 0.733. The molecule has 1 aromatic carbocycles. The largest absolute Gasteiger partial charge is 0.312 e. The lowest BCUT2D eigenvalue weighted by Gasteiger charge is -2.15. The van der Waals surface area contributed by atoms with Crippen LogP contribution in [-0.2, 0) is 6.42 Å². The fourth-order valence-electron chi connectivity index (χ4n) is 1.92. The van der Waals surface area contributed by atoms with E-state index in [0.29, 0.717) is 0 Å². The molecule has 0 spiro atoms. The van der Waals surface area contributed by atoms with E-state index in [1.807, 2.05) is 7.05 Å². The molecule has 0 amide bonds. The van der Waals surface area contributed by atoms with Gasteiger partial charge < -0.3 is 5.32 Å². The van der Waals surface area contributed by atoms with Crippen LogP contribution in [0.2, 0.25) is 0 Å². The van der Waals surface area contributed by atoms with Gasteiger partial charge in [-0.3, -0.25) is 0 Å². The average molecular weight is 407 g/mol.